The molecule has 1 aliphatic heterocycles. The summed E-state index contributed by atoms with van der Waals surface area (Å²) in [5.41, 5.74) is -0.445. The number of amides is 1. The predicted molar refractivity (Wildman–Crippen MR) is 66.8 cm³/mol. The molecule has 1 heterocycles. The smallest absolute Gasteiger partial charge is 0.410 e. The number of carbonyl (C=O) groups is 1. The van der Waals surface area contributed by atoms with Crippen molar-refractivity contribution >= 4 is 6.09 Å². The maximum absolute atomic E-state index is 11.9. The summed E-state index contributed by atoms with van der Waals surface area (Å²) in [6, 6.07) is 0.122. The third-order valence-electron chi connectivity index (χ3n) is 2.58. The van der Waals surface area contributed by atoms with E-state index in [0.717, 1.165) is 19.4 Å². The third kappa shape index (κ3) is 4.77. The third-order valence-corrected chi connectivity index (χ3v) is 2.58. The molecule has 0 saturated carbocycles. The van der Waals surface area contributed by atoms with Crippen molar-refractivity contribution in [2.45, 2.75) is 51.7 Å². The van der Waals surface area contributed by atoms with Gasteiger partial charge in [0.1, 0.15) is 5.60 Å². The Bertz CT molecular complexity index is 281. The number of aliphatic hydroxyl groups excluding tert-OH is 1. The van der Waals surface area contributed by atoms with Crippen molar-refractivity contribution in [3.63, 3.8) is 0 Å². The van der Waals surface area contributed by atoms with Crippen LogP contribution in [0.15, 0.2) is 12.2 Å². The highest BCUT2D eigenvalue weighted by molar-refractivity contribution is 5.69. The largest absolute Gasteiger partial charge is 0.444 e. The van der Waals surface area contributed by atoms with Crippen LogP contribution in [-0.2, 0) is 4.74 Å². The molecule has 1 atom stereocenters. The molecular weight excluding hydrogens is 218 g/mol. The van der Waals surface area contributed by atoms with Gasteiger partial charge in [-0.1, -0.05) is 12.2 Å². The molecule has 1 fully saturated rings. The first-order valence-corrected chi connectivity index (χ1v) is 6.21. The number of hydrogen-bond acceptors (Lipinski definition) is 3. The SMILES string of the molecule is CC(C)(C)OC(=O)N1CCCC1/C=C/CCO. The molecule has 1 N–H and O–H groups in total. The molecule has 4 heteroatoms. The quantitative estimate of drug-likeness (QED) is 0.771. The van der Waals surface area contributed by atoms with Crippen LogP contribution in [0.1, 0.15) is 40.0 Å². The predicted octanol–water partition coefficient (Wildman–Crippen LogP) is 2.32. The fourth-order valence-electron chi connectivity index (χ4n) is 1.87. The van der Waals surface area contributed by atoms with Gasteiger partial charge < -0.3 is 14.7 Å². The van der Waals surface area contributed by atoms with Crippen molar-refractivity contribution in [2.24, 2.45) is 0 Å². The van der Waals surface area contributed by atoms with Gasteiger partial charge in [-0.25, -0.2) is 4.79 Å². The molecule has 0 aliphatic carbocycles. The minimum Gasteiger partial charge on any atom is -0.444 e. The van der Waals surface area contributed by atoms with Gasteiger partial charge in [-0.2, -0.15) is 0 Å². The number of carbonyl (C=O) groups excluding carboxylic acids is 1. The van der Waals surface area contributed by atoms with Gasteiger partial charge in [0.2, 0.25) is 0 Å². The van der Waals surface area contributed by atoms with E-state index in [-0.39, 0.29) is 18.7 Å². The summed E-state index contributed by atoms with van der Waals surface area (Å²) in [6.07, 6.45) is 6.29. The van der Waals surface area contributed by atoms with Gasteiger partial charge in [0.25, 0.3) is 0 Å². The molecular formula is C13H23NO3. The Hall–Kier alpha value is -1.03. The van der Waals surface area contributed by atoms with Crippen molar-refractivity contribution in [1.29, 1.82) is 0 Å². The van der Waals surface area contributed by atoms with E-state index in [2.05, 4.69) is 0 Å². The standard InChI is InChI=1S/C13H23NO3/c1-13(2,3)17-12(16)14-9-6-8-11(14)7-4-5-10-15/h4,7,11,15H,5-6,8-10H2,1-3H3/b7-4+. The van der Waals surface area contributed by atoms with Crippen molar-refractivity contribution in [2.75, 3.05) is 13.2 Å². The first kappa shape index (κ1) is 14.0. The second-order valence-corrected chi connectivity index (χ2v) is 5.32. The van der Waals surface area contributed by atoms with Gasteiger partial charge in [-0.3, -0.25) is 0 Å². The highest BCUT2D eigenvalue weighted by Crippen LogP contribution is 2.21. The summed E-state index contributed by atoms with van der Waals surface area (Å²) in [5.74, 6) is 0. The van der Waals surface area contributed by atoms with Crippen LogP contribution in [0, 0.1) is 0 Å². The zero-order chi connectivity index (χ0) is 12.9. The van der Waals surface area contributed by atoms with Gasteiger partial charge >= 0.3 is 6.09 Å². The highest BCUT2D eigenvalue weighted by atomic mass is 16.6. The van der Waals surface area contributed by atoms with Crippen LogP contribution < -0.4 is 0 Å². The normalized spacial score (nSPS) is 21.2. The number of hydrogen-bond donors (Lipinski definition) is 1. The second kappa shape index (κ2) is 6.05. The molecule has 98 valence electrons. The summed E-state index contributed by atoms with van der Waals surface area (Å²) < 4.78 is 5.36. The average molecular weight is 241 g/mol. The molecule has 17 heavy (non-hydrogen) atoms. The Labute approximate surface area is 103 Å². The lowest BCUT2D eigenvalue weighted by Gasteiger charge is -2.27. The van der Waals surface area contributed by atoms with E-state index < -0.39 is 5.60 Å². The number of ether oxygens (including phenoxy) is 1. The van der Waals surface area contributed by atoms with Crippen molar-refractivity contribution in [3.8, 4) is 0 Å². The molecule has 0 aromatic rings. The van der Waals surface area contributed by atoms with Crippen LogP contribution >= 0.6 is 0 Å². The molecule has 1 amide bonds. The number of nitrogens with zero attached hydrogens (tertiary/aromatic N) is 1. The van der Waals surface area contributed by atoms with Crippen LogP contribution in [0.2, 0.25) is 0 Å². The van der Waals surface area contributed by atoms with Gasteiger partial charge in [0, 0.05) is 13.2 Å². The van der Waals surface area contributed by atoms with E-state index in [9.17, 15) is 4.79 Å². The maximum atomic E-state index is 11.9. The maximum Gasteiger partial charge on any atom is 0.410 e. The number of rotatable bonds is 3. The van der Waals surface area contributed by atoms with Gasteiger partial charge in [-0.15, -0.1) is 0 Å². The first-order valence-electron chi connectivity index (χ1n) is 6.21. The van der Waals surface area contributed by atoms with Crippen LogP contribution in [-0.4, -0.2) is 40.9 Å². The summed E-state index contributed by atoms with van der Waals surface area (Å²) in [6.45, 7) is 6.52. The minimum absolute atomic E-state index is 0.122. The summed E-state index contributed by atoms with van der Waals surface area (Å²) in [7, 11) is 0. The molecule has 0 spiro atoms. The Morgan fingerprint density at radius 3 is 2.82 bits per heavy atom. The Balaban J connectivity index is 2.54. The number of likely N-dealkylation sites (tertiary alicyclic amines) is 1. The Morgan fingerprint density at radius 1 is 1.53 bits per heavy atom. The summed E-state index contributed by atoms with van der Waals surface area (Å²) in [4.78, 5) is 13.7. The lowest BCUT2D eigenvalue weighted by atomic mass is 10.2. The Kier molecular flexibility index (Phi) is 5.00. The fourth-order valence-corrected chi connectivity index (χ4v) is 1.87. The van der Waals surface area contributed by atoms with E-state index in [1.54, 1.807) is 4.90 Å². The molecule has 1 saturated heterocycles. The van der Waals surface area contributed by atoms with Gasteiger partial charge in [0.05, 0.1) is 6.04 Å². The second-order valence-electron chi connectivity index (χ2n) is 5.32. The Morgan fingerprint density at radius 2 is 2.24 bits per heavy atom. The van der Waals surface area contributed by atoms with Crippen LogP contribution in [0.25, 0.3) is 0 Å². The van der Waals surface area contributed by atoms with Crippen LogP contribution in [0.4, 0.5) is 4.79 Å². The van der Waals surface area contributed by atoms with Crippen molar-refractivity contribution in [1.82, 2.24) is 4.90 Å². The molecule has 1 aliphatic rings. The van der Waals surface area contributed by atoms with Crippen LogP contribution in [0.5, 0.6) is 0 Å². The van der Waals surface area contributed by atoms with Gasteiger partial charge in [-0.05, 0) is 40.0 Å². The van der Waals surface area contributed by atoms with E-state index >= 15 is 0 Å². The minimum atomic E-state index is -0.445. The van der Waals surface area contributed by atoms with E-state index in [4.69, 9.17) is 9.84 Å². The van der Waals surface area contributed by atoms with Crippen molar-refractivity contribution < 1.29 is 14.6 Å². The number of aliphatic hydroxyl groups is 1. The molecule has 0 radical (unpaired) electrons. The highest BCUT2D eigenvalue weighted by Gasteiger charge is 2.30. The van der Waals surface area contributed by atoms with E-state index in [0.29, 0.717) is 6.42 Å². The molecule has 4 nitrogen and oxygen atoms in total. The van der Waals surface area contributed by atoms with E-state index in [1.165, 1.54) is 0 Å². The first-order chi connectivity index (χ1) is 7.94. The fraction of sp³-hybridized carbons (Fsp3) is 0.769. The zero-order valence-electron chi connectivity index (χ0n) is 11.0. The molecule has 1 rings (SSSR count). The average Bonchev–Trinajstić information content (AvgIpc) is 2.64. The van der Waals surface area contributed by atoms with E-state index in [1.807, 2.05) is 32.9 Å². The molecule has 0 aromatic carbocycles. The summed E-state index contributed by atoms with van der Waals surface area (Å²) in [5, 5.41) is 8.71. The summed E-state index contributed by atoms with van der Waals surface area (Å²) >= 11 is 0. The van der Waals surface area contributed by atoms with Crippen molar-refractivity contribution in [3.05, 3.63) is 12.2 Å². The van der Waals surface area contributed by atoms with Crippen LogP contribution in [0.3, 0.4) is 0 Å². The molecule has 0 aromatic heterocycles. The monoisotopic (exact) mass is 241 g/mol. The van der Waals surface area contributed by atoms with Gasteiger partial charge in [0.15, 0.2) is 0 Å². The molecule has 1 unspecified atom stereocenters. The lowest BCUT2D eigenvalue weighted by molar-refractivity contribution is 0.0256. The zero-order valence-corrected chi connectivity index (χ0v) is 11.0. The topological polar surface area (TPSA) is 49.8 Å². The lowest BCUT2D eigenvalue weighted by Crippen LogP contribution is -2.39. The molecule has 0 bridgehead atoms.